The summed E-state index contributed by atoms with van der Waals surface area (Å²) < 4.78 is 50.1. The van der Waals surface area contributed by atoms with Gasteiger partial charge in [-0.2, -0.15) is 0 Å². The molecule has 0 atom stereocenters. The summed E-state index contributed by atoms with van der Waals surface area (Å²) in [6.45, 7) is 2.74. The van der Waals surface area contributed by atoms with E-state index < -0.39 is 15.8 Å². The maximum Gasteiger partial charge on any atom is 0.250 e. The number of likely N-dealkylation sites (tertiary alicyclic amines) is 1. The minimum Gasteiger partial charge on any atom is -0.326 e. The first-order chi connectivity index (χ1) is 15.2. The zero-order valence-electron chi connectivity index (χ0n) is 17.9. The topological polar surface area (TPSA) is 66.5 Å². The highest BCUT2D eigenvalue weighted by Gasteiger charge is 2.33. The number of hydrogen-bond acceptors (Lipinski definition) is 4. The van der Waals surface area contributed by atoms with E-state index in [1.807, 2.05) is 4.90 Å². The van der Waals surface area contributed by atoms with E-state index in [9.17, 15) is 22.0 Å². The van der Waals surface area contributed by atoms with Gasteiger partial charge in [0, 0.05) is 37.2 Å². The van der Waals surface area contributed by atoms with Gasteiger partial charge < -0.3 is 5.32 Å². The van der Waals surface area contributed by atoms with Crippen molar-refractivity contribution in [2.45, 2.75) is 37.0 Å². The number of alkyl halides is 2. The molecule has 0 aromatic heterocycles. The average Bonchev–Trinajstić information content (AvgIpc) is 2.76. The van der Waals surface area contributed by atoms with Crippen molar-refractivity contribution in [3.8, 4) is 11.8 Å². The highest BCUT2D eigenvalue weighted by molar-refractivity contribution is 7.91. The van der Waals surface area contributed by atoms with Gasteiger partial charge in [-0.1, -0.05) is 30.9 Å². The molecule has 0 radical (unpaired) electrons. The third-order valence-corrected chi connectivity index (χ3v) is 7.07. The number of carbonyl (C=O) groups excluding carboxylic acids is 1. The maximum absolute atomic E-state index is 13.2. The Morgan fingerprint density at radius 1 is 1.06 bits per heavy atom. The molecule has 5 nitrogen and oxygen atoms in total. The fourth-order valence-electron chi connectivity index (χ4n) is 3.30. The van der Waals surface area contributed by atoms with Crippen LogP contribution in [0, 0.1) is 11.8 Å². The Morgan fingerprint density at radius 2 is 1.69 bits per heavy atom. The average molecular weight is 461 g/mol. The molecule has 170 valence electrons. The molecule has 0 unspecified atom stereocenters. The van der Waals surface area contributed by atoms with Crippen molar-refractivity contribution < 1.29 is 22.0 Å². The van der Waals surface area contributed by atoms with Crippen LogP contribution >= 0.6 is 0 Å². The van der Waals surface area contributed by atoms with Gasteiger partial charge in [-0.15, -0.1) is 0 Å². The molecule has 2 aromatic rings. The molecular formula is C24H26F2N2O3S. The van der Waals surface area contributed by atoms with Crippen molar-refractivity contribution in [2.24, 2.45) is 0 Å². The Bertz CT molecular complexity index is 1090. The highest BCUT2D eigenvalue weighted by Crippen LogP contribution is 2.27. The summed E-state index contributed by atoms with van der Waals surface area (Å²) in [6.07, 6.45) is -0.112. The normalized spacial score (nSPS) is 16.1. The van der Waals surface area contributed by atoms with Crippen LogP contribution in [0.2, 0.25) is 0 Å². The van der Waals surface area contributed by atoms with Crippen LogP contribution in [0.15, 0.2) is 53.4 Å². The minimum absolute atomic E-state index is 0.0321. The maximum atomic E-state index is 13.2. The van der Waals surface area contributed by atoms with E-state index in [0.29, 0.717) is 25.3 Å². The quantitative estimate of drug-likeness (QED) is 0.667. The van der Waals surface area contributed by atoms with Gasteiger partial charge >= 0.3 is 0 Å². The van der Waals surface area contributed by atoms with Crippen LogP contribution in [0.1, 0.15) is 30.9 Å². The summed E-state index contributed by atoms with van der Waals surface area (Å²) in [5.74, 6) is 3.29. The number of rotatable bonds is 6. The van der Waals surface area contributed by atoms with Crippen LogP contribution in [0.4, 0.5) is 14.5 Å². The lowest BCUT2D eigenvalue weighted by Crippen LogP contribution is -2.39. The van der Waals surface area contributed by atoms with E-state index in [4.69, 9.17) is 0 Å². The highest BCUT2D eigenvalue weighted by atomic mass is 32.2. The fraction of sp³-hybridized carbons (Fsp3) is 0.375. The van der Waals surface area contributed by atoms with E-state index in [2.05, 4.69) is 17.2 Å². The molecule has 1 saturated heterocycles. The van der Waals surface area contributed by atoms with Gasteiger partial charge in [0.25, 0.3) is 5.92 Å². The predicted molar refractivity (Wildman–Crippen MR) is 120 cm³/mol. The molecule has 1 aliphatic heterocycles. The fourth-order valence-corrected chi connectivity index (χ4v) is 4.18. The van der Waals surface area contributed by atoms with E-state index in [1.54, 1.807) is 43.3 Å². The van der Waals surface area contributed by atoms with Crippen molar-refractivity contribution in [2.75, 3.05) is 30.7 Å². The molecule has 1 aliphatic rings. The molecule has 1 N–H and O–H groups in total. The molecule has 3 rings (SSSR count). The summed E-state index contributed by atoms with van der Waals surface area (Å²) >= 11 is 0. The van der Waals surface area contributed by atoms with Crippen LogP contribution in [-0.4, -0.2) is 50.5 Å². The lowest BCUT2D eigenvalue weighted by atomic mass is 10.1. The number of piperidine rings is 1. The summed E-state index contributed by atoms with van der Waals surface area (Å²) in [4.78, 5) is 14.5. The molecular weight excluding hydrogens is 434 g/mol. The van der Waals surface area contributed by atoms with E-state index >= 15 is 0 Å². The number of hydrogen-bond donors (Lipinski definition) is 1. The van der Waals surface area contributed by atoms with Crippen LogP contribution in [0.5, 0.6) is 0 Å². The number of carbonyl (C=O) groups is 1. The van der Waals surface area contributed by atoms with Gasteiger partial charge in [-0.3, -0.25) is 9.69 Å². The van der Waals surface area contributed by atoms with Gasteiger partial charge in [0.15, 0.2) is 9.84 Å². The van der Waals surface area contributed by atoms with Crippen LogP contribution in [-0.2, 0) is 21.1 Å². The van der Waals surface area contributed by atoms with E-state index in [0.717, 1.165) is 11.1 Å². The Morgan fingerprint density at radius 3 is 2.28 bits per heavy atom. The van der Waals surface area contributed by atoms with Crippen LogP contribution in [0.3, 0.4) is 0 Å². The largest absolute Gasteiger partial charge is 0.326 e. The summed E-state index contributed by atoms with van der Waals surface area (Å²) in [5.41, 5.74) is 2.12. The van der Waals surface area contributed by atoms with Crippen molar-refractivity contribution in [1.29, 1.82) is 0 Å². The molecule has 32 heavy (non-hydrogen) atoms. The predicted octanol–water partition coefficient (Wildman–Crippen LogP) is 3.74. The standard InChI is InChI=1S/C24H26F2N2O3S/c1-2-32(30,31)22-11-7-20(8-12-22)18-23(29)27-21-9-5-19(6-10-21)4-3-15-28-16-13-24(25,26)14-17-28/h5-12H,2,13-18H2,1H3,(H,27,29). The summed E-state index contributed by atoms with van der Waals surface area (Å²) in [7, 11) is -3.26. The van der Waals surface area contributed by atoms with Gasteiger partial charge in [0.1, 0.15) is 0 Å². The number of halogens is 2. The molecule has 2 aromatic carbocycles. The van der Waals surface area contributed by atoms with Gasteiger partial charge in [-0.05, 0) is 42.0 Å². The number of amides is 1. The number of nitrogens with one attached hydrogen (secondary N) is 1. The molecule has 8 heteroatoms. The molecule has 1 heterocycles. The van der Waals surface area contributed by atoms with E-state index in [1.165, 1.54) is 12.1 Å². The van der Waals surface area contributed by atoms with Gasteiger partial charge in [0.2, 0.25) is 5.91 Å². The van der Waals surface area contributed by atoms with E-state index in [-0.39, 0.29) is 35.8 Å². The number of nitrogens with zero attached hydrogens (tertiary/aromatic N) is 1. The van der Waals surface area contributed by atoms with Gasteiger partial charge in [0.05, 0.1) is 23.6 Å². The zero-order chi connectivity index (χ0) is 23.2. The number of anilines is 1. The zero-order valence-corrected chi connectivity index (χ0v) is 18.7. The number of benzene rings is 2. The smallest absolute Gasteiger partial charge is 0.250 e. The SMILES string of the molecule is CCS(=O)(=O)c1ccc(CC(=O)Nc2ccc(C#CCN3CCC(F)(F)CC3)cc2)cc1. The van der Waals surface area contributed by atoms with Crippen LogP contribution < -0.4 is 5.32 Å². The van der Waals surface area contributed by atoms with Crippen LogP contribution in [0.25, 0.3) is 0 Å². The molecule has 0 bridgehead atoms. The Kier molecular flexibility index (Phi) is 7.64. The first-order valence-electron chi connectivity index (χ1n) is 10.5. The molecule has 0 saturated carbocycles. The second kappa shape index (κ2) is 10.2. The third-order valence-electron chi connectivity index (χ3n) is 5.32. The first-order valence-corrected chi connectivity index (χ1v) is 12.1. The number of sulfone groups is 1. The lowest BCUT2D eigenvalue weighted by Gasteiger charge is -2.30. The van der Waals surface area contributed by atoms with Crippen molar-refractivity contribution in [1.82, 2.24) is 4.90 Å². The second-order valence-electron chi connectivity index (χ2n) is 7.78. The van der Waals surface area contributed by atoms with Crippen molar-refractivity contribution in [3.63, 3.8) is 0 Å². The Hall–Kier alpha value is -2.76. The van der Waals surface area contributed by atoms with Crippen molar-refractivity contribution in [3.05, 3.63) is 59.7 Å². The lowest BCUT2D eigenvalue weighted by molar-refractivity contribution is -0.115. The second-order valence-corrected chi connectivity index (χ2v) is 10.1. The monoisotopic (exact) mass is 460 g/mol. The summed E-state index contributed by atoms with van der Waals surface area (Å²) in [5, 5.41) is 2.80. The molecule has 1 fully saturated rings. The van der Waals surface area contributed by atoms with Crippen molar-refractivity contribution >= 4 is 21.4 Å². The van der Waals surface area contributed by atoms with Gasteiger partial charge in [-0.25, -0.2) is 17.2 Å². The minimum atomic E-state index is -3.26. The Labute approximate surface area is 187 Å². The molecule has 0 aliphatic carbocycles. The summed E-state index contributed by atoms with van der Waals surface area (Å²) in [6, 6.07) is 13.4. The first kappa shape index (κ1) is 23.9. The molecule has 0 spiro atoms. The third kappa shape index (κ3) is 6.87. The Balaban J connectivity index is 1.49. The molecule has 1 amide bonds.